The number of amides is 1. The second kappa shape index (κ2) is 12.2. The Bertz CT molecular complexity index is 1230. The number of rotatable bonds is 10. The van der Waals surface area contributed by atoms with Gasteiger partial charge in [-0.1, -0.05) is 18.2 Å². The summed E-state index contributed by atoms with van der Waals surface area (Å²) in [6.45, 7) is 1.35. The number of alkyl halides is 3. The molecule has 37 heavy (non-hydrogen) atoms. The topological polar surface area (TPSA) is 102 Å². The van der Waals surface area contributed by atoms with Crippen molar-refractivity contribution in [1.29, 1.82) is 0 Å². The van der Waals surface area contributed by atoms with Crippen molar-refractivity contribution in [2.45, 2.75) is 44.8 Å². The maximum absolute atomic E-state index is 13.9. The SMILES string of the molecule is C[C@H](Cc1cccc(C(=O)NCc2cc(C(F)(F)F)ccc2F)c1)NC[C@@H](O)c1ccc(O)c(CO)c1. The molecule has 0 aromatic heterocycles. The molecule has 0 unspecified atom stereocenters. The standard InChI is InChI=1S/C27H28F4N2O4/c1-16(32-14-25(36)18-5-8-24(35)21(11-18)15-34)9-17-3-2-4-19(10-17)26(37)33-13-20-12-22(27(29,30)31)6-7-23(20)28/h2-8,10-12,16,25,32,34-36H,9,13-15H2,1H3,(H,33,37)/t16-,25-/m1/s1. The van der Waals surface area contributed by atoms with Crippen LogP contribution in [-0.4, -0.2) is 33.8 Å². The molecule has 5 N–H and O–H groups in total. The zero-order valence-electron chi connectivity index (χ0n) is 20.0. The quantitative estimate of drug-likeness (QED) is 0.258. The summed E-state index contributed by atoms with van der Waals surface area (Å²) in [5.41, 5.74) is 0.673. The number of carbonyl (C=O) groups is 1. The predicted molar refractivity (Wildman–Crippen MR) is 129 cm³/mol. The summed E-state index contributed by atoms with van der Waals surface area (Å²) >= 11 is 0. The molecule has 1 amide bonds. The number of benzene rings is 3. The highest BCUT2D eigenvalue weighted by Crippen LogP contribution is 2.30. The molecule has 0 saturated heterocycles. The van der Waals surface area contributed by atoms with Crippen LogP contribution in [0.5, 0.6) is 5.75 Å². The van der Waals surface area contributed by atoms with Gasteiger partial charge in [-0.05, 0) is 66.9 Å². The summed E-state index contributed by atoms with van der Waals surface area (Å²) < 4.78 is 52.6. The molecule has 0 spiro atoms. The lowest BCUT2D eigenvalue weighted by molar-refractivity contribution is -0.137. The van der Waals surface area contributed by atoms with Gasteiger partial charge in [0, 0.05) is 35.8 Å². The van der Waals surface area contributed by atoms with Crippen molar-refractivity contribution in [2.75, 3.05) is 6.54 Å². The number of carbonyl (C=O) groups excluding carboxylic acids is 1. The van der Waals surface area contributed by atoms with Crippen LogP contribution >= 0.6 is 0 Å². The van der Waals surface area contributed by atoms with E-state index in [1.54, 1.807) is 24.3 Å². The van der Waals surface area contributed by atoms with Gasteiger partial charge in [0.15, 0.2) is 0 Å². The van der Waals surface area contributed by atoms with Gasteiger partial charge in [0.1, 0.15) is 11.6 Å². The van der Waals surface area contributed by atoms with Gasteiger partial charge < -0.3 is 26.0 Å². The van der Waals surface area contributed by atoms with Crippen molar-refractivity contribution >= 4 is 5.91 Å². The van der Waals surface area contributed by atoms with E-state index in [1.165, 1.54) is 12.1 Å². The predicted octanol–water partition coefficient (Wildman–Crippen LogP) is 4.23. The van der Waals surface area contributed by atoms with Crippen LogP contribution in [0.2, 0.25) is 0 Å². The van der Waals surface area contributed by atoms with Gasteiger partial charge >= 0.3 is 6.18 Å². The molecule has 0 aliphatic heterocycles. The Morgan fingerprint density at radius 3 is 2.49 bits per heavy atom. The molecule has 0 aliphatic carbocycles. The number of hydrogen-bond acceptors (Lipinski definition) is 5. The molecule has 3 aromatic carbocycles. The molecule has 3 rings (SSSR count). The van der Waals surface area contributed by atoms with Crippen LogP contribution in [0.3, 0.4) is 0 Å². The fraction of sp³-hybridized carbons (Fsp3) is 0.296. The first-order valence-corrected chi connectivity index (χ1v) is 11.5. The molecule has 10 heteroatoms. The summed E-state index contributed by atoms with van der Waals surface area (Å²) in [6.07, 6.45) is -4.98. The van der Waals surface area contributed by atoms with Crippen LogP contribution in [-0.2, 0) is 25.7 Å². The summed E-state index contributed by atoms with van der Waals surface area (Å²) in [5, 5.41) is 35.0. The van der Waals surface area contributed by atoms with Crippen molar-refractivity contribution in [3.8, 4) is 5.75 Å². The van der Waals surface area contributed by atoms with Crippen molar-refractivity contribution in [3.05, 3.63) is 99.9 Å². The van der Waals surface area contributed by atoms with Crippen molar-refractivity contribution in [1.82, 2.24) is 10.6 Å². The molecule has 0 heterocycles. The minimum atomic E-state index is -4.62. The van der Waals surface area contributed by atoms with Gasteiger partial charge in [-0.15, -0.1) is 0 Å². The van der Waals surface area contributed by atoms with Gasteiger partial charge in [-0.2, -0.15) is 13.2 Å². The highest BCUT2D eigenvalue weighted by molar-refractivity contribution is 5.94. The lowest BCUT2D eigenvalue weighted by Gasteiger charge is -2.18. The van der Waals surface area contributed by atoms with Crippen LogP contribution in [0.4, 0.5) is 17.6 Å². The van der Waals surface area contributed by atoms with E-state index in [1.807, 2.05) is 13.0 Å². The van der Waals surface area contributed by atoms with Crippen LogP contribution < -0.4 is 10.6 Å². The fourth-order valence-corrected chi connectivity index (χ4v) is 3.80. The van der Waals surface area contributed by atoms with Gasteiger partial charge in [-0.25, -0.2) is 4.39 Å². The van der Waals surface area contributed by atoms with Crippen LogP contribution in [0, 0.1) is 5.82 Å². The lowest BCUT2D eigenvalue weighted by atomic mass is 10.0. The van der Waals surface area contributed by atoms with Gasteiger partial charge in [0.05, 0.1) is 18.3 Å². The lowest BCUT2D eigenvalue weighted by Crippen LogP contribution is -2.32. The Hall–Kier alpha value is -3.47. The zero-order valence-corrected chi connectivity index (χ0v) is 20.0. The van der Waals surface area contributed by atoms with Crippen molar-refractivity contribution in [2.24, 2.45) is 0 Å². The number of aromatic hydroxyl groups is 1. The first-order chi connectivity index (χ1) is 17.5. The van der Waals surface area contributed by atoms with Gasteiger partial charge in [0.2, 0.25) is 0 Å². The number of halogens is 4. The number of phenols is 1. The highest BCUT2D eigenvalue weighted by atomic mass is 19.4. The van der Waals surface area contributed by atoms with Crippen molar-refractivity contribution < 1.29 is 37.7 Å². The Kier molecular flexibility index (Phi) is 9.25. The maximum Gasteiger partial charge on any atom is 0.416 e. The molecule has 0 radical (unpaired) electrons. The number of nitrogens with one attached hydrogen (secondary N) is 2. The minimum Gasteiger partial charge on any atom is -0.508 e. The first kappa shape index (κ1) is 28.1. The summed E-state index contributed by atoms with van der Waals surface area (Å²) in [5.74, 6) is -1.45. The Labute approximate surface area is 211 Å². The molecule has 3 aromatic rings. The van der Waals surface area contributed by atoms with Gasteiger partial charge in [0.25, 0.3) is 5.91 Å². The minimum absolute atomic E-state index is 0.0522. The molecule has 0 fully saturated rings. The fourth-order valence-electron chi connectivity index (χ4n) is 3.80. The average molecular weight is 521 g/mol. The maximum atomic E-state index is 13.9. The number of aliphatic hydroxyl groups is 2. The van der Waals surface area contributed by atoms with E-state index in [0.29, 0.717) is 29.7 Å². The van der Waals surface area contributed by atoms with Gasteiger partial charge in [-0.3, -0.25) is 4.79 Å². The van der Waals surface area contributed by atoms with Crippen LogP contribution in [0.15, 0.2) is 60.7 Å². The molecule has 0 aliphatic rings. The molecule has 0 bridgehead atoms. The smallest absolute Gasteiger partial charge is 0.416 e. The monoisotopic (exact) mass is 520 g/mol. The van der Waals surface area contributed by atoms with E-state index in [4.69, 9.17) is 0 Å². The molecular formula is C27H28F4N2O4. The third kappa shape index (κ3) is 7.75. The Morgan fingerprint density at radius 1 is 1.03 bits per heavy atom. The van der Waals surface area contributed by atoms with E-state index in [0.717, 1.165) is 11.6 Å². The Morgan fingerprint density at radius 2 is 1.78 bits per heavy atom. The highest BCUT2D eigenvalue weighted by Gasteiger charge is 2.31. The second-order valence-corrected chi connectivity index (χ2v) is 8.76. The first-order valence-electron chi connectivity index (χ1n) is 11.5. The van der Waals surface area contributed by atoms with E-state index in [-0.39, 0.29) is 36.1 Å². The molecule has 6 nitrogen and oxygen atoms in total. The molecular weight excluding hydrogens is 492 g/mol. The number of hydrogen-bond donors (Lipinski definition) is 5. The largest absolute Gasteiger partial charge is 0.508 e. The van der Waals surface area contributed by atoms with Crippen molar-refractivity contribution in [3.63, 3.8) is 0 Å². The van der Waals surface area contributed by atoms with E-state index in [2.05, 4.69) is 10.6 Å². The average Bonchev–Trinajstić information content (AvgIpc) is 2.86. The van der Waals surface area contributed by atoms with E-state index >= 15 is 0 Å². The third-order valence-electron chi connectivity index (χ3n) is 5.86. The molecule has 2 atom stereocenters. The number of aliphatic hydroxyl groups excluding tert-OH is 2. The summed E-state index contributed by atoms with van der Waals surface area (Å²) in [4.78, 5) is 12.6. The molecule has 0 saturated carbocycles. The Balaban J connectivity index is 1.56. The van der Waals surface area contributed by atoms with E-state index in [9.17, 15) is 37.7 Å². The van der Waals surface area contributed by atoms with Crippen LogP contribution in [0.25, 0.3) is 0 Å². The van der Waals surface area contributed by atoms with E-state index < -0.39 is 36.1 Å². The molecule has 198 valence electrons. The summed E-state index contributed by atoms with van der Waals surface area (Å²) in [7, 11) is 0. The summed E-state index contributed by atoms with van der Waals surface area (Å²) in [6, 6.07) is 13.1. The second-order valence-electron chi connectivity index (χ2n) is 8.76. The zero-order chi connectivity index (χ0) is 27.2. The normalized spacial score (nSPS) is 13.3. The van der Waals surface area contributed by atoms with Crippen LogP contribution in [0.1, 0.15) is 51.2 Å². The third-order valence-corrected chi connectivity index (χ3v) is 5.86.